The molecule has 1 aromatic rings. The van der Waals surface area contributed by atoms with Crippen LogP contribution in [0.2, 0.25) is 0 Å². The van der Waals surface area contributed by atoms with Gasteiger partial charge < -0.3 is 16.3 Å². The van der Waals surface area contributed by atoms with E-state index in [9.17, 15) is 0 Å². The lowest BCUT2D eigenvalue weighted by Gasteiger charge is -2.12. The van der Waals surface area contributed by atoms with Crippen molar-refractivity contribution in [2.75, 3.05) is 6.54 Å². The van der Waals surface area contributed by atoms with Crippen molar-refractivity contribution in [3.05, 3.63) is 35.4 Å². The molecular weight excluding hydrogens is 214 g/mol. The van der Waals surface area contributed by atoms with E-state index in [1.54, 1.807) is 0 Å². The molecule has 4 N–H and O–H groups in total. The number of oxime groups is 1. The molecule has 0 unspecified atom stereocenters. The van der Waals surface area contributed by atoms with Gasteiger partial charge in [0.05, 0.1) is 0 Å². The molecule has 0 saturated heterocycles. The van der Waals surface area contributed by atoms with Gasteiger partial charge in [-0.05, 0) is 23.8 Å². The summed E-state index contributed by atoms with van der Waals surface area (Å²) in [5.74, 6) is 0.167. The Hall–Kier alpha value is -1.55. The summed E-state index contributed by atoms with van der Waals surface area (Å²) in [5, 5.41) is 15.2. The number of hydrogen-bond acceptors (Lipinski definition) is 3. The van der Waals surface area contributed by atoms with E-state index in [0.29, 0.717) is 5.41 Å². The molecule has 0 amide bonds. The number of rotatable bonds is 5. The summed E-state index contributed by atoms with van der Waals surface area (Å²) in [6.45, 7) is 4.06. The second-order valence-electron chi connectivity index (χ2n) is 5.06. The first kappa shape index (κ1) is 11.9. The SMILES string of the molecule is CC1(CNCc2ccccc2/C(N)=N/O)CC1. The third-order valence-electron chi connectivity index (χ3n) is 3.37. The molecule has 0 atom stereocenters. The standard InChI is InChI=1S/C13H19N3O/c1-13(6-7-13)9-15-8-10-4-2-3-5-11(10)12(14)16-17/h2-5,15,17H,6-9H2,1H3,(H2,14,16). The van der Waals surface area contributed by atoms with Crippen molar-refractivity contribution in [1.82, 2.24) is 5.32 Å². The summed E-state index contributed by atoms with van der Waals surface area (Å²) in [5.41, 5.74) is 7.99. The molecule has 0 heterocycles. The van der Waals surface area contributed by atoms with Crippen LogP contribution in [0.25, 0.3) is 0 Å². The number of nitrogens with one attached hydrogen (secondary N) is 1. The molecular formula is C13H19N3O. The van der Waals surface area contributed by atoms with Gasteiger partial charge in [-0.25, -0.2) is 0 Å². The normalized spacial score (nSPS) is 18.1. The van der Waals surface area contributed by atoms with Crippen LogP contribution in [0.5, 0.6) is 0 Å². The highest BCUT2D eigenvalue weighted by Gasteiger charge is 2.36. The molecule has 0 spiro atoms. The Kier molecular flexibility index (Phi) is 3.33. The van der Waals surface area contributed by atoms with E-state index in [2.05, 4.69) is 17.4 Å². The summed E-state index contributed by atoms with van der Waals surface area (Å²) in [6, 6.07) is 7.71. The van der Waals surface area contributed by atoms with Gasteiger partial charge in [-0.15, -0.1) is 0 Å². The van der Waals surface area contributed by atoms with Crippen LogP contribution in [0.4, 0.5) is 0 Å². The van der Waals surface area contributed by atoms with Crippen LogP contribution in [0.1, 0.15) is 30.9 Å². The van der Waals surface area contributed by atoms with Gasteiger partial charge in [-0.3, -0.25) is 0 Å². The average Bonchev–Trinajstić information content (AvgIpc) is 3.07. The van der Waals surface area contributed by atoms with Crippen molar-refractivity contribution >= 4 is 5.84 Å². The van der Waals surface area contributed by atoms with Crippen molar-refractivity contribution in [3.8, 4) is 0 Å². The van der Waals surface area contributed by atoms with Gasteiger partial charge in [0.1, 0.15) is 0 Å². The van der Waals surface area contributed by atoms with Gasteiger partial charge >= 0.3 is 0 Å². The lowest BCUT2D eigenvalue weighted by Crippen LogP contribution is -2.24. The third kappa shape index (κ3) is 2.97. The molecule has 1 aliphatic rings. The molecule has 1 aromatic carbocycles. The minimum atomic E-state index is 0.167. The van der Waals surface area contributed by atoms with Gasteiger partial charge in [0.15, 0.2) is 5.84 Å². The number of benzene rings is 1. The van der Waals surface area contributed by atoms with E-state index in [0.717, 1.165) is 24.2 Å². The van der Waals surface area contributed by atoms with E-state index < -0.39 is 0 Å². The fourth-order valence-electron chi connectivity index (χ4n) is 1.87. The smallest absolute Gasteiger partial charge is 0.170 e. The Morgan fingerprint density at radius 1 is 1.47 bits per heavy atom. The number of nitrogens with zero attached hydrogens (tertiary/aromatic N) is 1. The van der Waals surface area contributed by atoms with Crippen LogP contribution in [0, 0.1) is 5.41 Å². The molecule has 4 heteroatoms. The van der Waals surface area contributed by atoms with E-state index in [4.69, 9.17) is 10.9 Å². The second kappa shape index (κ2) is 4.75. The van der Waals surface area contributed by atoms with Gasteiger partial charge in [0.2, 0.25) is 0 Å². The maximum Gasteiger partial charge on any atom is 0.170 e. The zero-order chi connectivity index (χ0) is 12.3. The number of nitrogens with two attached hydrogens (primary N) is 1. The van der Waals surface area contributed by atoms with Crippen molar-refractivity contribution in [2.45, 2.75) is 26.3 Å². The lowest BCUT2D eigenvalue weighted by atomic mass is 10.1. The molecule has 0 radical (unpaired) electrons. The van der Waals surface area contributed by atoms with Crippen LogP contribution in [0.15, 0.2) is 29.4 Å². The molecule has 17 heavy (non-hydrogen) atoms. The van der Waals surface area contributed by atoms with E-state index >= 15 is 0 Å². The summed E-state index contributed by atoms with van der Waals surface area (Å²) in [4.78, 5) is 0. The molecule has 4 nitrogen and oxygen atoms in total. The zero-order valence-corrected chi connectivity index (χ0v) is 10.1. The number of amidine groups is 1. The first-order valence-corrected chi connectivity index (χ1v) is 5.91. The quantitative estimate of drug-likeness (QED) is 0.313. The van der Waals surface area contributed by atoms with Crippen LogP contribution in [-0.2, 0) is 6.54 Å². The average molecular weight is 233 g/mol. The molecule has 92 valence electrons. The van der Waals surface area contributed by atoms with Crippen molar-refractivity contribution in [2.24, 2.45) is 16.3 Å². The maximum atomic E-state index is 8.72. The number of hydrogen-bond donors (Lipinski definition) is 3. The highest BCUT2D eigenvalue weighted by atomic mass is 16.4. The summed E-state index contributed by atoms with van der Waals surface area (Å²) in [6.07, 6.45) is 2.61. The molecule has 2 rings (SSSR count). The Labute approximate surface area is 102 Å². The van der Waals surface area contributed by atoms with E-state index in [-0.39, 0.29) is 5.84 Å². The van der Waals surface area contributed by atoms with Gasteiger partial charge in [-0.2, -0.15) is 0 Å². The fourth-order valence-corrected chi connectivity index (χ4v) is 1.87. The molecule has 1 saturated carbocycles. The maximum absolute atomic E-state index is 8.72. The van der Waals surface area contributed by atoms with E-state index in [1.807, 2.05) is 24.3 Å². The first-order chi connectivity index (χ1) is 8.14. The highest BCUT2D eigenvalue weighted by Crippen LogP contribution is 2.44. The van der Waals surface area contributed by atoms with Gasteiger partial charge in [0, 0.05) is 18.7 Å². The molecule has 1 fully saturated rings. The third-order valence-corrected chi connectivity index (χ3v) is 3.37. The van der Waals surface area contributed by atoms with Crippen LogP contribution < -0.4 is 11.1 Å². The highest BCUT2D eigenvalue weighted by molar-refractivity contribution is 5.98. The summed E-state index contributed by atoms with van der Waals surface area (Å²) >= 11 is 0. The minimum Gasteiger partial charge on any atom is -0.409 e. The molecule has 1 aliphatic carbocycles. The Morgan fingerprint density at radius 3 is 2.82 bits per heavy atom. The largest absolute Gasteiger partial charge is 0.409 e. The van der Waals surface area contributed by atoms with Crippen molar-refractivity contribution in [1.29, 1.82) is 0 Å². The molecule has 0 bridgehead atoms. The summed E-state index contributed by atoms with van der Waals surface area (Å²) < 4.78 is 0. The Balaban J connectivity index is 1.99. The van der Waals surface area contributed by atoms with Crippen molar-refractivity contribution < 1.29 is 5.21 Å². The predicted octanol–water partition coefficient (Wildman–Crippen LogP) is 1.67. The lowest BCUT2D eigenvalue weighted by molar-refractivity contribution is 0.318. The predicted molar refractivity (Wildman–Crippen MR) is 68.0 cm³/mol. The van der Waals surface area contributed by atoms with Gasteiger partial charge in [-0.1, -0.05) is 36.3 Å². The van der Waals surface area contributed by atoms with Crippen LogP contribution in [0.3, 0.4) is 0 Å². The topological polar surface area (TPSA) is 70.6 Å². The van der Waals surface area contributed by atoms with Gasteiger partial charge in [0.25, 0.3) is 0 Å². The summed E-state index contributed by atoms with van der Waals surface area (Å²) in [7, 11) is 0. The van der Waals surface area contributed by atoms with E-state index in [1.165, 1.54) is 12.8 Å². The Morgan fingerprint density at radius 2 is 2.18 bits per heavy atom. The van der Waals surface area contributed by atoms with Crippen LogP contribution >= 0.6 is 0 Å². The Bertz CT molecular complexity index is 424. The molecule has 0 aliphatic heterocycles. The molecule has 0 aromatic heterocycles. The van der Waals surface area contributed by atoms with Crippen molar-refractivity contribution in [3.63, 3.8) is 0 Å². The minimum absolute atomic E-state index is 0.167. The van der Waals surface area contributed by atoms with Crippen LogP contribution in [-0.4, -0.2) is 17.6 Å². The second-order valence-corrected chi connectivity index (χ2v) is 5.06. The zero-order valence-electron chi connectivity index (χ0n) is 10.1. The fraction of sp³-hybridized carbons (Fsp3) is 0.462. The monoisotopic (exact) mass is 233 g/mol. The first-order valence-electron chi connectivity index (χ1n) is 5.91.